The topological polar surface area (TPSA) is 50.8 Å². The van der Waals surface area contributed by atoms with Gasteiger partial charge in [0.15, 0.2) is 0 Å². The standard InChI is InChI=1S/C17H21N3O/c1-11(2)10-20-15-5-4-13(9-18)8-14(15)19-17(20)16-12(3)6-7-21-16/h4-5,8,11-12,16H,6-7,10H2,1-3H3. The minimum absolute atomic E-state index is 0.0710. The number of aromatic nitrogens is 2. The van der Waals surface area contributed by atoms with E-state index < -0.39 is 0 Å². The maximum Gasteiger partial charge on any atom is 0.139 e. The van der Waals surface area contributed by atoms with Crippen LogP contribution >= 0.6 is 0 Å². The molecule has 0 amide bonds. The molecule has 3 rings (SSSR count). The average molecular weight is 283 g/mol. The van der Waals surface area contributed by atoms with Gasteiger partial charge in [0.2, 0.25) is 0 Å². The molecule has 0 radical (unpaired) electrons. The second kappa shape index (κ2) is 5.50. The summed E-state index contributed by atoms with van der Waals surface area (Å²) in [6.07, 6.45) is 1.15. The van der Waals surface area contributed by atoms with Gasteiger partial charge in [-0.05, 0) is 36.5 Å². The Morgan fingerprint density at radius 2 is 2.29 bits per heavy atom. The molecular weight excluding hydrogens is 262 g/mol. The van der Waals surface area contributed by atoms with Gasteiger partial charge >= 0.3 is 0 Å². The molecule has 1 aromatic carbocycles. The number of hydrogen-bond donors (Lipinski definition) is 0. The minimum Gasteiger partial charge on any atom is -0.370 e. The third-order valence-corrected chi connectivity index (χ3v) is 4.10. The highest BCUT2D eigenvalue weighted by Gasteiger charge is 2.30. The fourth-order valence-corrected chi connectivity index (χ4v) is 3.02. The summed E-state index contributed by atoms with van der Waals surface area (Å²) in [6, 6.07) is 7.93. The number of benzene rings is 1. The molecule has 2 heterocycles. The van der Waals surface area contributed by atoms with Crippen LogP contribution in [0.2, 0.25) is 0 Å². The van der Waals surface area contributed by atoms with Crippen molar-refractivity contribution in [1.29, 1.82) is 5.26 Å². The molecule has 2 aromatic rings. The van der Waals surface area contributed by atoms with Crippen molar-refractivity contribution in [3.8, 4) is 6.07 Å². The predicted octanol–water partition coefficient (Wildman–Crippen LogP) is 3.66. The zero-order valence-corrected chi connectivity index (χ0v) is 12.8. The van der Waals surface area contributed by atoms with Crippen molar-refractivity contribution in [1.82, 2.24) is 9.55 Å². The highest BCUT2D eigenvalue weighted by molar-refractivity contribution is 5.78. The molecule has 0 saturated carbocycles. The Morgan fingerprint density at radius 1 is 1.48 bits per heavy atom. The molecule has 1 aromatic heterocycles. The second-order valence-electron chi connectivity index (χ2n) is 6.35. The smallest absolute Gasteiger partial charge is 0.139 e. The highest BCUT2D eigenvalue weighted by atomic mass is 16.5. The van der Waals surface area contributed by atoms with Gasteiger partial charge in [-0.2, -0.15) is 5.26 Å². The SMILES string of the molecule is CC(C)Cn1c(C2OCCC2C)nc2cc(C#N)ccc21. The van der Waals surface area contributed by atoms with E-state index >= 15 is 0 Å². The number of hydrogen-bond acceptors (Lipinski definition) is 3. The first-order valence-electron chi connectivity index (χ1n) is 7.62. The first-order valence-corrected chi connectivity index (χ1v) is 7.62. The van der Waals surface area contributed by atoms with Crippen LogP contribution in [0.15, 0.2) is 18.2 Å². The summed E-state index contributed by atoms with van der Waals surface area (Å²) in [6.45, 7) is 8.36. The average Bonchev–Trinajstić information content (AvgIpc) is 3.02. The Bertz CT molecular complexity index is 696. The molecular formula is C17H21N3O. The van der Waals surface area contributed by atoms with Crippen LogP contribution < -0.4 is 0 Å². The van der Waals surface area contributed by atoms with Gasteiger partial charge in [0.1, 0.15) is 11.9 Å². The van der Waals surface area contributed by atoms with Crippen molar-refractivity contribution in [2.45, 2.75) is 39.8 Å². The highest BCUT2D eigenvalue weighted by Crippen LogP contribution is 2.35. The lowest BCUT2D eigenvalue weighted by atomic mass is 10.0. The lowest BCUT2D eigenvalue weighted by Crippen LogP contribution is -2.15. The van der Waals surface area contributed by atoms with Gasteiger partial charge in [-0.3, -0.25) is 0 Å². The number of ether oxygens (including phenoxy) is 1. The van der Waals surface area contributed by atoms with E-state index in [0.29, 0.717) is 17.4 Å². The van der Waals surface area contributed by atoms with E-state index in [0.717, 1.165) is 36.4 Å². The molecule has 1 aliphatic rings. The van der Waals surface area contributed by atoms with Crippen LogP contribution in [0.25, 0.3) is 11.0 Å². The number of nitriles is 1. The van der Waals surface area contributed by atoms with Crippen LogP contribution in [0.5, 0.6) is 0 Å². The Labute approximate surface area is 125 Å². The Morgan fingerprint density at radius 3 is 2.90 bits per heavy atom. The quantitative estimate of drug-likeness (QED) is 0.863. The van der Waals surface area contributed by atoms with Crippen LogP contribution in [0, 0.1) is 23.2 Å². The van der Waals surface area contributed by atoms with E-state index in [9.17, 15) is 0 Å². The van der Waals surface area contributed by atoms with Crippen LogP contribution in [-0.2, 0) is 11.3 Å². The van der Waals surface area contributed by atoms with E-state index in [1.54, 1.807) is 0 Å². The van der Waals surface area contributed by atoms with Crippen LogP contribution in [-0.4, -0.2) is 16.2 Å². The molecule has 1 fully saturated rings. The maximum atomic E-state index is 9.06. The fourth-order valence-electron chi connectivity index (χ4n) is 3.02. The summed E-state index contributed by atoms with van der Waals surface area (Å²) in [5.74, 6) is 2.04. The molecule has 0 spiro atoms. The van der Waals surface area contributed by atoms with Crippen molar-refractivity contribution in [2.75, 3.05) is 6.61 Å². The number of fused-ring (bicyclic) bond motifs is 1. The van der Waals surface area contributed by atoms with Crippen molar-refractivity contribution in [3.05, 3.63) is 29.6 Å². The number of nitrogens with zero attached hydrogens (tertiary/aromatic N) is 3. The lowest BCUT2D eigenvalue weighted by molar-refractivity contribution is 0.0841. The predicted molar refractivity (Wildman–Crippen MR) is 81.8 cm³/mol. The maximum absolute atomic E-state index is 9.06. The van der Waals surface area contributed by atoms with E-state index in [2.05, 4.69) is 31.4 Å². The fraction of sp³-hybridized carbons (Fsp3) is 0.529. The third-order valence-electron chi connectivity index (χ3n) is 4.10. The molecule has 110 valence electrons. The minimum atomic E-state index is 0.0710. The van der Waals surface area contributed by atoms with Crippen molar-refractivity contribution >= 4 is 11.0 Å². The number of rotatable bonds is 3. The second-order valence-corrected chi connectivity index (χ2v) is 6.35. The monoisotopic (exact) mass is 283 g/mol. The summed E-state index contributed by atoms with van der Waals surface area (Å²) in [7, 11) is 0. The molecule has 1 aliphatic heterocycles. The van der Waals surface area contributed by atoms with Gasteiger partial charge in [-0.1, -0.05) is 20.8 Å². The van der Waals surface area contributed by atoms with Crippen molar-refractivity contribution in [3.63, 3.8) is 0 Å². The van der Waals surface area contributed by atoms with Crippen molar-refractivity contribution in [2.24, 2.45) is 11.8 Å². The summed E-state index contributed by atoms with van der Waals surface area (Å²) in [5.41, 5.74) is 2.65. The molecule has 4 heteroatoms. The molecule has 1 saturated heterocycles. The van der Waals surface area contributed by atoms with Gasteiger partial charge in [-0.25, -0.2) is 4.98 Å². The largest absolute Gasteiger partial charge is 0.370 e. The van der Waals surface area contributed by atoms with E-state index in [4.69, 9.17) is 15.0 Å². The zero-order valence-electron chi connectivity index (χ0n) is 12.8. The van der Waals surface area contributed by atoms with Crippen LogP contribution in [0.1, 0.15) is 44.7 Å². The summed E-state index contributed by atoms with van der Waals surface area (Å²) < 4.78 is 8.18. The summed E-state index contributed by atoms with van der Waals surface area (Å²) in [4.78, 5) is 4.79. The van der Waals surface area contributed by atoms with Crippen LogP contribution in [0.3, 0.4) is 0 Å². The zero-order chi connectivity index (χ0) is 15.0. The van der Waals surface area contributed by atoms with Gasteiger partial charge < -0.3 is 9.30 Å². The van der Waals surface area contributed by atoms with Gasteiger partial charge in [0.05, 0.1) is 22.7 Å². The van der Waals surface area contributed by atoms with Gasteiger partial charge in [0, 0.05) is 13.2 Å². The van der Waals surface area contributed by atoms with Gasteiger partial charge in [0.25, 0.3) is 0 Å². The lowest BCUT2D eigenvalue weighted by Gasteiger charge is -2.18. The molecule has 2 atom stereocenters. The first-order chi connectivity index (χ1) is 10.1. The summed E-state index contributed by atoms with van der Waals surface area (Å²) in [5, 5.41) is 9.06. The molecule has 4 nitrogen and oxygen atoms in total. The Hall–Kier alpha value is -1.86. The van der Waals surface area contributed by atoms with Crippen LogP contribution in [0.4, 0.5) is 0 Å². The summed E-state index contributed by atoms with van der Waals surface area (Å²) >= 11 is 0. The molecule has 21 heavy (non-hydrogen) atoms. The van der Waals surface area contributed by atoms with Crippen molar-refractivity contribution < 1.29 is 4.74 Å². The van der Waals surface area contributed by atoms with Gasteiger partial charge in [-0.15, -0.1) is 0 Å². The van der Waals surface area contributed by atoms with E-state index in [1.165, 1.54) is 0 Å². The normalized spacial score (nSPS) is 22.0. The number of imidazole rings is 1. The molecule has 0 N–H and O–H groups in total. The molecule has 0 aliphatic carbocycles. The first kappa shape index (κ1) is 14.1. The molecule has 0 bridgehead atoms. The van der Waals surface area contributed by atoms with E-state index in [1.807, 2.05) is 18.2 Å². The molecule has 2 unspecified atom stereocenters. The Balaban J connectivity index is 2.14. The van der Waals surface area contributed by atoms with E-state index in [-0.39, 0.29) is 6.10 Å². The Kier molecular flexibility index (Phi) is 3.69. The third kappa shape index (κ3) is 2.54.